The number of imidazole rings is 1. The summed E-state index contributed by atoms with van der Waals surface area (Å²) in [6.07, 6.45) is 4.47. The maximum atomic E-state index is 12.9. The molecule has 12 heteroatoms. The monoisotopic (exact) mass is 453 g/mol. The first kappa shape index (κ1) is 27.0. The lowest BCUT2D eigenvalue weighted by Gasteiger charge is -2.27. The van der Waals surface area contributed by atoms with Gasteiger partial charge in [-0.3, -0.25) is 14.4 Å². The number of aromatic nitrogens is 2. The largest absolute Gasteiger partial charge is 0.480 e. The number of hydrogen-bond acceptors (Lipinski definition) is 7. The molecule has 0 fully saturated rings. The molecule has 12 nitrogen and oxygen atoms in total. The Morgan fingerprint density at radius 2 is 1.69 bits per heavy atom. The standard InChI is InChI=1S/C20H35N7O5/c1-11(2)16(19(30)26-15(20(31)32)8-13-9-23-10-24-13)27-18(29)14(6-4-5-7-21)25-17(28)12(3)22/h9-12,14-16H,4-8,21-22H2,1-3H3,(H,23,24)(H,25,28)(H,26,30)(H,27,29)(H,31,32). The van der Waals surface area contributed by atoms with Gasteiger partial charge in [-0.05, 0) is 38.6 Å². The van der Waals surface area contributed by atoms with E-state index >= 15 is 0 Å². The lowest BCUT2D eigenvalue weighted by Crippen LogP contribution is -2.58. The molecule has 4 atom stereocenters. The third-order valence-corrected chi connectivity index (χ3v) is 4.83. The van der Waals surface area contributed by atoms with Crippen molar-refractivity contribution in [1.29, 1.82) is 0 Å². The van der Waals surface area contributed by atoms with Crippen molar-refractivity contribution in [2.24, 2.45) is 17.4 Å². The number of nitrogens with one attached hydrogen (secondary N) is 4. The molecule has 0 saturated heterocycles. The van der Waals surface area contributed by atoms with Gasteiger partial charge in [-0.25, -0.2) is 9.78 Å². The van der Waals surface area contributed by atoms with Crippen LogP contribution in [0.2, 0.25) is 0 Å². The summed E-state index contributed by atoms with van der Waals surface area (Å²) in [5.41, 5.74) is 11.6. The molecule has 1 aromatic rings. The van der Waals surface area contributed by atoms with Crippen LogP contribution in [0.4, 0.5) is 0 Å². The molecular formula is C20H35N7O5. The highest BCUT2D eigenvalue weighted by Gasteiger charge is 2.31. The molecule has 0 saturated carbocycles. The van der Waals surface area contributed by atoms with Gasteiger partial charge in [0.15, 0.2) is 0 Å². The molecule has 0 aliphatic heterocycles. The Balaban J connectivity index is 2.89. The molecule has 0 radical (unpaired) electrons. The van der Waals surface area contributed by atoms with Crippen LogP contribution in [0.1, 0.15) is 45.7 Å². The molecule has 3 amide bonds. The van der Waals surface area contributed by atoms with Gasteiger partial charge in [-0.2, -0.15) is 0 Å². The van der Waals surface area contributed by atoms with Crippen LogP contribution < -0.4 is 27.4 Å². The highest BCUT2D eigenvalue weighted by molar-refractivity contribution is 5.94. The fourth-order valence-electron chi connectivity index (χ4n) is 2.93. The zero-order valence-electron chi connectivity index (χ0n) is 18.8. The molecule has 1 rings (SSSR count). The second-order valence-electron chi connectivity index (χ2n) is 8.04. The molecular weight excluding hydrogens is 418 g/mol. The average molecular weight is 454 g/mol. The normalized spacial score (nSPS) is 14.8. The third kappa shape index (κ3) is 9.02. The van der Waals surface area contributed by atoms with Crippen molar-refractivity contribution in [1.82, 2.24) is 25.9 Å². The Hall–Kier alpha value is -2.99. The van der Waals surface area contributed by atoms with E-state index in [4.69, 9.17) is 11.5 Å². The molecule has 180 valence electrons. The number of aliphatic carboxylic acids is 1. The summed E-state index contributed by atoms with van der Waals surface area (Å²) in [6, 6.07) is -3.91. The lowest BCUT2D eigenvalue weighted by molar-refractivity contribution is -0.142. The molecule has 32 heavy (non-hydrogen) atoms. The second kappa shape index (κ2) is 13.4. The molecule has 0 aromatic carbocycles. The number of carbonyl (C=O) groups excluding carboxylic acids is 3. The lowest BCUT2D eigenvalue weighted by atomic mass is 10.0. The van der Waals surface area contributed by atoms with Crippen LogP contribution in [0.3, 0.4) is 0 Å². The number of aromatic amines is 1. The Bertz CT molecular complexity index is 752. The van der Waals surface area contributed by atoms with Gasteiger partial charge in [-0.15, -0.1) is 0 Å². The summed E-state index contributed by atoms with van der Waals surface area (Å²) in [6.45, 7) is 5.39. The molecule has 0 spiro atoms. The van der Waals surface area contributed by atoms with Crippen LogP contribution in [0.25, 0.3) is 0 Å². The molecule has 1 heterocycles. The maximum absolute atomic E-state index is 12.9. The Kier molecular flexibility index (Phi) is 11.3. The number of unbranched alkanes of at least 4 members (excludes halogenated alkanes) is 1. The second-order valence-corrected chi connectivity index (χ2v) is 8.04. The maximum Gasteiger partial charge on any atom is 0.326 e. The third-order valence-electron chi connectivity index (χ3n) is 4.83. The minimum Gasteiger partial charge on any atom is -0.480 e. The number of H-pyrrole nitrogens is 1. The van der Waals surface area contributed by atoms with Gasteiger partial charge in [-0.1, -0.05) is 13.8 Å². The number of nitrogens with two attached hydrogens (primary N) is 2. The van der Waals surface area contributed by atoms with Crippen LogP contribution in [-0.4, -0.2) is 69.5 Å². The van der Waals surface area contributed by atoms with E-state index in [1.54, 1.807) is 13.8 Å². The van der Waals surface area contributed by atoms with E-state index in [1.807, 2.05) is 0 Å². The summed E-state index contributed by atoms with van der Waals surface area (Å²) in [7, 11) is 0. The Morgan fingerprint density at radius 3 is 2.19 bits per heavy atom. The van der Waals surface area contributed by atoms with Crippen molar-refractivity contribution in [2.45, 2.75) is 70.6 Å². The van der Waals surface area contributed by atoms with Gasteiger partial charge in [0.1, 0.15) is 18.1 Å². The zero-order valence-corrected chi connectivity index (χ0v) is 18.8. The van der Waals surface area contributed by atoms with Gasteiger partial charge < -0.3 is 37.5 Å². The highest BCUT2D eigenvalue weighted by atomic mass is 16.4. The van der Waals surface area contributed by atoms with Crippen LogP contribution >= 0.6 is 0 Å². The summed E-state index contributed by atoms with van der Waals surface area (Å²) < 4.78 is 0. The van der Waals surface area contributed by atoms with E-state index in [0.717, 1.165) is 0 Å². The molecule has 4 unspecified atom stereocenters. The number of carbonyl (C=O) groups is 4. The first-order chi connectivity index (χ1) is 15.1. The quantitative estimate of drug-likeness (QED) is 0.167. The Morgan fingerprint density at radius 1 is 1.03 bits per heavy atom. The first-order valence-electron chi connectivity index (χ1n) is 10.6. The van der Waals surface area contributed by atoms with E-state index in [2.05, 4.69) is 25.9 Å². The fourth-order valence-corrected chi connectivity index (χ4v) is 2.93. The summed E-state index contributed by atoms with van der Waals surface area (Å²) >= 11 is 0. The van der Waals surface area contributed by atoms with Crippen molar-refractivity contribution < 1.29 is 24.3 Å². The number of carboxylic acid groups (broad SMARTS) is 1. The van der Waals surface area contributed by atoms with Crippen molar-refractivity contribution in [3.8, 4) is 0 Å². The van der Waals surface area contributed by atoms with Gasteiger partial charge >= 0.3 is 5.97 Å². The molecule has 9 N–H and O–H groups in total. The van der Waals surface area contributed by atoms with E-state index in [0.29, 0.717) is 31.5 Å². The van der Waals surface area contributed by atoms with Crippen LogP contribution in [0.5, 0.6) is 0 Å². The highest BCUT2D eigenvalue weighted by Crippen LogP contribution is 2.08. The van der Waals surface area contributed by atoms with E-state index in [9.17, 15) is 24.3 Å². The predicted molar refractivity (Wildman–Crippen MR) is 117 cm³/mol. The number of nitrogens with zero attached hydrogens (tertiary/aromatic N) is 1. The van der Waals surface area contributed by atoms with Crippen LogP contribution in [-0.2, 0) is 25.6 Å². The SMILES string of the molecule is CC(N)C(=O)NC(CCCCN)C(=O)NC(C(=O)NC(Cc1cnc[nH]1)C(=O)O)C(C)C. The predicted octanol–water partition coefficient (Wildman–Crippen LogP) is -1.38. The summed E-state index contributed by atoms with van der Waals surface area (Å²) in [5, 5.41) is 17.2. The number of rotatable bonds is 14. The zero-order chi connectivity index (χ0) is 24.3. The number of amides is 3. The minimum absolute atomic E-state index is 0.00595. The van der Waals surface area contributed by atoms with Gasteiger partial charge in [0.05, 0.1) is 12.4 Å². The molecule has 0 bridgehead atoms. The molecule has 0 aliphatic carbocycles. The summed E-state index contributed by atoms with van der Waals surface area (Å²) in [5.74, 6) is -3.24. The van der Waals surface area contributed by atoms with E-state index in [1.165, 1.54) is 19.4 Å². The van der Waals surface area contributed by atoms with E-state index < -0.39 is 47.9 Å². The molecule has 0 aliphatic rings. The minimum atomic E-state index is -1.22. The van der Waals surface area contributed by atoms with Crippen LogP contribution in [0.15, 0.2) is 12.5 Å². The van der Waals surface area contributed by atoms with Crippen molar-refractivity contribution in [2.75, 3.05) is 6.54 Å². The van der Waals surface area contributed by atoms with Gasteiger partial charge in [0.2, 0.25) is 17.7 Å². The average Bonchev–Trinajstić information content (AvgIpc) is 3.23. The van der Waals surface area contributed by atoms with Crippen molar-refractivity contribution in [3.05, 3.63) is 18.2 Å². The molecule has 1 aromatic heterocycles. The number of hydrogen-bond donors (Lipinski definition) is 7. The topological polar surface area (TPSA) is 205 Å². The van der Waals surface area contributed by atoms with Crippen molar-refractivity contribution in [3.63, 3.8) is 0 Å². The van der Waals surface area contributed by atoms with Gasteiger partial charge in [0, 0.05) is 18.3 Å². The smallest absolute Gasteiger partial charge is 0.326 e. The van der Waals surface area contributed by atoms with Crippen LogP contribution in [0, 0.1) is 5.92 Å². The van der Waals surface area contributed by atoms with Gasteiger partial charge in [0.25, 0.3) is 0 Å². The van der Waals surface area contributed by atoms with E-state index in [-0.39, 0.29) is 12.3 Å². The Labute approximate surface area is 187 Å². The summed E-state index contributed by atoms with van der Waals surface area (Å²) in [4.78, 5) is 56.0. The fraction of sp³-hybridized carbons (Fsp3) is 0.650. The first-order valence-corrected chi connectivity index (χ1v) is 10.6. The number of carboxylic acids is 1. The van der Waals surface area contributed by atoms with Crippen molar-refractivity contribution >= 4 is 23.7 Å².